The molecule has 4 N–H and O–H groups in total. The molecule has 36 valence electrons. The molecular weight excluding hydrogens is 100 g/mol. The van der Waals surface area contributed by atoms with Gasteiger partial charge in [0, 0.05) is 0 Å². The first-order valence-corrected chi connectivity index (χ1v) is 2.10. The molecule has 0 atom stereocenters. The second-order valence-electron chi connectivity index (χ2n) is 0.941. The molecule has 1 aliphatic heterocycles. The van der Waals surface area contributed by atoms with Crippen LogP contribution < -0.4 is 21.9 Å². The molecule has 1 rings (SSSR count). The number of thiol groups is 1. The predicted octanol–water partition coefficient (Wildman–Crippen LogP) is -1.68. The molecule has 5 heteroatoms. The van der Waals surface area contributed by atoms with E-state index in [9.17, 15) is 0 Å². The van der Waals surface area contributed by atoms with Crippen LogP contribution in [-0.4, -0.2) is 5.50 Å². The van der Waals surface area contributed by atoms with Crippen LogP contribution in [0.5, 0.6) is 0 Å². The van der Waals surface area contributed by atoms with Gasteiger partial charge in [0.1, 0.15) is 5.50 Å². The van der Waals surface area contributed by atoms with E-state index in [1.165, 1.54) is 0 Å². The third-order valence-corrected chi connectivity index (χ3v) is 0.738. The third kappa shape index (κ3) is 0.825. The fourth-order valence-electron chi connectivity index (χ4n) is 0.245. The molecule has 0 radical (unpaired) electrons. The minimum atomic E-state index is 0.0185. The predicted molar refractivity (Wildman–Crippen MR) is 25.3 cm³/mol. The number of hydrogen-bond acceptors (Lipinski definition) is 5. The van der Waals surface area contributed by atoms with Gasteiger partial charge in [-0.25, -0.2) is 10.9 Å². The first kappa shape index (κ1) is 4.35. The average molecular weight is 106 g/mol. The third-order valence-electron chi connectivity index (χ3n) is 0.480. The average Bonchev–Trinajstić information content (AvgIpc) is 1.86. The van der Waals surface area contributed by atoms with Crippen LogP contribution in [0, 0.1) is 0 Å². The van der Waals surface area contributed by atoms with Crippen LogP contribution in [-0.2, 0) is 0 Å². The van der Waals surface area contributed by atoms with Gasteiger partial charge < -0.3 is 0 Å². The SMILES string of the molecule is SC1NNNN1. The van der Waals surface area contributed by atoms with Gasteiger partial charge in [0.05, 0.1) is 0 Å². The monoisotopic (exact) mass is 106 g/mol. The van der Waals surface area contributed by atoms with Crippen LogP contribution in [0.3, 0.4) is 0 Å². The first-order chi connectivity index (χ1) is 2.89. The maximum atomic E-state index is 3.95. The van der Waals surface area contributed by atoms with Crippen molar-refractivity contribution in [1.29, 1.82) is 0 Å². The fraction of sp³-hybridized carbons (Fsp3) is 1.00. The molecule has 0 spiro atoms. The summed E-state index contributed by atoms with van der Waals surface area (Å²) in [5.74, 6) is 0. The molecule has 0 aromatic rings. The summed E-state index contributed by atoms with van der Waals surface area (Å²) in [6.45, 7) is 0. The van der Waals surface area contributed by atoms with Gasteiger partial charge in [-0.15, -0.1) is 12.6 Å². The highest BCUT2D eigenvalue weighted by atomic mass is 32.1. The van der Waals surface area contributed by atoms with E-state index in [4.69, 9.17) is 0 Å². The molecule has 0 bridgehead atoms. The summed E-state index contributed by atoms with van der Waals surface area (Å²) in [6, 6.07) is 0. The van der Waals surface area contributed by atoms with Gasteiger partial charge in [-0.05, 0) is 0 Å². The van der Waals surface area contributed by atoms with E-state index in [-0.39, 0.29) is 5.50 Å². The molecule has 0 saturated carbocycles. The molecule has 1 heterocycles. The zero-order chi connectivity index (χ0) is 4.41. The molecule has 0 amide bonds. The van der Waals surface area contributed by atoms with E-state index in [1.54, 1.807) is 0 Å². The van der Waals surface area contributed by atoms with Crippen LogP contribution in [0.4, 0.5) is 0 Å². The highest BCUT2D eigenvalue weighted by Crippen LogP contribution is 1.78. The van der Waals surface area contributed by atoms with Crippen molar-refractivity contribution in [3.05, 3.63) is 0 Å². The summed E-state index contributed by atoms with van der Waals surface area (Å²) >= 11 is 3.95. The Labute approximate surface area is 41.0 Å². The lowest BCUT2D eigenvalue weighted by molar-refractivity contribution is 0.556. The van der Waals surface area contributed by atoms with Crippen molar-refractivity contribution in [2.75, 3.05) is 0 Å². The molecule has 0 aromatic carbocycles. The van der Waals surface area contributed by atoms with Crippen LogP contribution in [0.2, 0.25) is 0 Å². The van der Waals surface area contributed by atoms with Crippen molar-refractivity contribution in [2.45, 2.75) is 5.50 Å². The maximum Gasteiger partial charge on any atom is 0.130 e. The maximum absolute atomic E-state index is 3.95. The van der Waals surface area contributed by atoms with Gasteiger partial charge in [-0.3, -0.25) is 0 Å². The van der Waals surface area contributed by atoms with Crippen LogP contribution in [0.25, 0.3) is 0 Å². The lowest BCUT2D eigenvalue weighted by atomic mass is 11.2. The van der Waals surface area contributed by atoms with Crippen LogP contribution in [0.1, 0.15) is 0 Å². The molecule has 6 heavy (non-hydrogen) atoms. The van der Waals surface area contributed by atoms with Gasteiger partial charge in [0.15, 0.2) is 0 Å². The van der Waals surface area contributed by atoms with E-state index in [0.717, 1.165) is 0 Å². The largest absolute Gasteiger partial charge is 0.216 e. The Bertz CT molecular complexity index is 40.8. The smallest absolute Gasteiger partial charge is 0.130 e. The van der Waals surface area contributed by atoms with Crippen molar-refractivity contribution < 1.29 is 0 Å². The van der Waals surface area contributed by atoms with E-state index in [2.05, 4.69) is 34.5 Å². The zero-order valence-corrected chi connectivity index (χ0v) is 3.92. The molecule has 0 aromatic heterocycles. The Morgan fingerprint density at radius 2 is 1.67 bits per heavy atom. The van der Waals surface area contributed by atoms with Crippen molar-refractivity contribution in [3.63, 3.8) is 0 Å². The van der Waals surface area contributed by atoms with Crippen molar-refractivity contribution in [2.24, 2.45) is 0 Å². The molecule has 1 saturated heterocycles. The number of hydrazine groups is 3. The summed E-state index contributed by atoms with van der Waals surface area (Å²) in [5, 5.41) is 0. The summed E-state index contributed by atoms with van der Waals surface area (Å²) in [5.41, 5.74) is 10.6. The molecule has 1 fully saturated rings. The summed E-state index contributed by atoms with van der Waals surface area (Å²) in [6.07, 6.45) is 0. The Hall–Kier alpha value is 0.190. The van der Waals surface area contributed by atoms with Gasteiger partial charge in [-0.1, -0.05) is 0 Å². The van der Waals surface area contributed by atoms with Crippen molar-refractivity contribution in [1.82, 2.24) is 21.9 Å². The Morgan fingerprint density at radius 1 is 1.17 bits per heavy atom. The number of hydrogen-bond donors (Lipinski definition) is 5. The van der Waals surface area contributed by atoms with Crippen LogP contribution >= 0.6 is 12.6 Å². The highest BCUT2D eigenvalue weighted by Gasteiger charge is 2.02. The van der Waals surface area contributed by atoms with Gasteiger partial charge in [0.25, 0.3) is 0 Å². The van der Waals surface area contributed by atoms with Gasteiger partial charge in [-0.2, -0.15) is 11.1 Å². The zero-order valence-electron chi connectivity index (χ0n) is 3.02. The first-order valence-electron chi connectivity index (χ1n) is 1.59. The molecular formula is CH6N4S. The van der Waals surface area contributed by atoms with Gasteiger partial charge in [0.2, 0.25) is 0 Å². The van der Waals surface area contributed by atoms with Crippen LogP contribution in [0.15, 0.2) is 0 Å². The van der Waals surface area contributed by atoms with Crippen molar-refractivity contribution >= 4 is 12.6 Å². The lowest BCUT2D eigenvalue weighted by Gasteiger charge is -1.92. The minimum absolute atomic E-state index is 0.0185. The molecule has 1 aliphatic rings. The summed E-state index contributed by atoms with van der Waals surface area (Å²) in [7, 11) is 0. The van der Waals surface area contributed by atoms with Crippen molar-refractivity contribution in [3.8, 4) is 0 Å². The Morgan fingerprint density at radius 3 is 1.83 bits per heavy atom. The molecule has 0 unspecified atom stereocenters. The summed E-state index contributed by atoms with van der Waals surface area (Å²) in [4.78, 5) is 0. The Balaban J connectivity index is 2.18. The van der Waals surface area contributed by atoms with E-state index in [0.29, 0.717) is 0 Å². The molecule has 0 aliphatic carbocycles. The highest BCUT2D eigenvalue weighted by molar-refractivity contribution is 7.80. The number of nitrogens with one attached hydrogen (secondary N) is 4. The lowest BCUT2D eigenvalue weighted by Crippen LogP contribution is -2.33. The standard InChI is InChI=1S/CH6N4S/c6-1-2-4-5-3-1/h1-6H. The fourth-order valence-corrected chi connectivity index (χ4v) is 0.374. The second-order valence-corrected chi connectivity index (χ2v) is 1.46. The minimum Gasteiger partial charge on any atom is -0.216 e. The second kappa shape index (κ2) is 1.76. The van der Waals surface area contributed by atoms with E-state index < -0.39 is 0 Å². The van der Waals surface area contributed by atoms with Gasteiger partial charge >= 0.3 is 0 Å². The molecule has 4 nitrogen and oxygen atoms in total. The quantitative estimate of drug-likeness (QED) is 0.239. The van der Waals surface area contributed by atoms with E-state index >= 15 is 0 Å². The van der Waals surface area contributed by atoms with E-state index in [1.807, 2.05) is 0 Å². The number of rotatable bonds is 0. The normalized spacial score (nSPS) is 25.5. The Kier molecular flexibility index (Phi) is 1.28. The topological polar surface area (TPSA) is 48.1 Å². The summed E-state index contributed by atoms with van der Waals surface area (Å²) < 4.78 is 0.